The zero-order valence-electron chi connectivity index (χ0n) is 13.0. The molecule has 0 amide bonds. The molecule has 138 valence electrons. The number of thiazole rings is 1. The first kappa shape index (κ1) is 19.4. The first-order chi connectivity index (χ1) is 11.9. The fourth-order valence-corrected chi connectivity index (χ4v) is 4.09. The van der Waals surface area contributed by atoms with E-state index in [1.165, 1.54) is 11.3 Å². The number of nitrogens with zero attached hydrogens (tertiary/aromatic N) is 3. The van der Waals surface area contributed by atoms with E-state index in [0.717, 1.165) is 5.69 Å². The van der Waals surface area contributed by atoms with Crippen molar-refractivity contribution < 1.29 is 13.5 Å². The summed E-state index contributed by atoms with van der Waals surface area (Å²) in [6.07, 6.45) is 0. The van der Waals surface area contributed by atoms with E-state index in [0.29, 0.717) is 23.2 Å². The zero-order valence-corrected chi connectivity index (χ0v) is 15.5. The van der Waals surface area contributed by atoms with Crippen LogP contribution in [0.25, 0.3) is 0 Å². The molecular formula is C11H18N8O3S3. The van der Waals surface area contributed by atoms with Crippen LogP contribution in [-0.4, -0.2) is 61.6 Å². The Labute approximate surface area is 152 Å². The largest absolute Gasteiger partial charge is 0.395 e. The Balaban J connectivity index is 1.73. The molecule has 0 atom stereocenters. The molecule has 14 heteroatoms. The molecule has 0 saturated carbocycles. The molecule has 0 aromatic carbocycles. The molecule has 2 heterocycles. The lowest BCUT2D eigenvalue weighted by molar-refractivity contribution is 0.300. The van der Waals surface area contributed by atoms with Gasteiger partial charge in [-0.15, -0.1) is 20.1 Å². The third kappa shape index (κ3) is 6.49. The monoisotopic (exact) mass is 406 g/mol. The highest BCUT2D eigenvalue weighted by Crippen LogP contribution is 2.19. The summed E-state index contributed by atoms with van der Waals surface area (Å²) in [5, 5.41) is 26.6. The molecule has 0 radical (unpaired) electrons. The van der Waals surface area contributed by atoms with E-state index in [1.807, 2.05) is 5.38 Å². The van der Waals surface area contributed by atoms with Gasteiger partial charge in [0.15, 0.2) is 22.8 Å². The first-order valence-electron chi connectivity index (χ1n) is 7.06. The lowest BCUT2D eigenvalue weighted by atomic mass is 10.5. The summed E-state index contributed by atoms with van der Waals surface area (Å²) in [6, 6.07) is 0. The van der Waals surface area contributed by atoms with Gasteiger partial charge in [0.1, 0.15) is 0 Å². The number of nitrogens with one attached hydrogen (secondary N) is 4. The van der Waals surface area contributed by atoms with Crippen LogP contribution in [0.2, 0.25) is 0 Å². The molecule has 0 unspecified atom stereocenters. The van der Waals surface area contributed by atoms with Crippen molar-refractivity contribution in [2.45, 2.75) is 5.75 Å². The maximum atomic E-state index is 11.4. The second kappa shape index (κ2) is 8.98. The van der Waals surface area contributed by atoms with Crippen molar-refractivity contribution in [1.29, 1.82) is 5.41 Å². The topological polar surface area (TPSA) is 178 Å². The normalized spacial score (nSPS) is 15.4. The van der Waals surface area contributed by atoms with E-state index in [-0.39, 0.29) is 30.8 Å². The third-order valence-electron chi connectivity index (χ3n) is 2.62. The Kier molecular flexibility index (Phi) is 6.98. The molecule has 0 spiro atoms. The third-order valence-corrected chi connectivity index (χ3v) is 5.25. The zero-order chi connectivity index (χ0) is 18.3. The number of amidine groups is 2. The van der Waals surface area contributed by atoms with Crippen molar-refractivity contribution in [2.75, 3.05) is 30.8 Å². The smallest absolute Gasteiger partial charge is 0.367 e. The average molecular weight is 407 g/mol. The van der Waals surface area contributed by atoms with Gasteiger partial charge in [-0.05, 0) is 0 Å². The highest BCUT2D eigenvalue weighted by molar-refractivity contribution is 7.98. The molecule has 0 fully saturated rings. The van der Waals surface area contributed by atoms with E-state index < -0.39 is 10.2 Å². The number of guanidine groups is 1. The fourth-order valence-electron chi connectivity index (χ4n) is 1.71. The molecule has 1 aliphatic heterocycles. The predicted octanol–water partition coefficient (Wildman–Crippen LogP) is -1.09. The lowest BCUT2D eigenvalue weighted by Crippen LogP contribution is -2.40. The second-order valence-corrected chi connectivity index (χ2v) is 7.86. The van der Waals surface area contributed by atoms with Crippen molar-refractivity contribution in [2.24, 2.45) is 14.5 Å². The van der Waals surface area contributed by atoms with Gasteiger partial charge >= 0.3 is 10.2 Å². The summed E-state index contributed by atoms with van der Waals surface area (Å²) in [5.74, 6) is 1.47. The van der Waals surface area contributed by atoms with Gasteiger partial charge in [0.25, 0.3) is 0 Å². The predicted molar refractivity (Wildman–Crippen MR) is 101 cm³/mol. The van der Waals surface area contributed by atoms with Gasteiger partial charge in [-0.25, -0.2) is 4.98 Å². The number of aliphatic hydroxyl groups is 1. The summed E-state index contributed by atoms with van der Waals surface area (Å²) >= 11 is 2.97. The van der Waals surface area contributed by atoms with Crippen LogP contribution in [0.4, 0.5) is 5.13 Å². The van der Waals surface area contributed by atoms with Crippen LogP contribution in [0.5, 0.6) is 0 Å². The molecule has 0 saturated heterocycles. The van der Waals surface area contributed by atoms with Crippen LogP contribution >= 0.6 is 23.1 Å². The number of aromatic nitrogens is 1. The summed E-state index contributed by atoms with van der Waals surface area (Å²) < 4.78 is 29.8. The molecule has 1 aromatic heterocycles. The lowest BCUT2D eigenvalue weighted by Gasteiger charge is -2.08. The second-order valence-electron chi connectivity index (χ2n) is 4.64. The molecule has 0 bridgehead atoms. The molecule has 7 N–H and O–H groups in total. The van der Waals surface area contributed by atoms with Gasteiger partial charge in [0.05, 0.1) is 12.3 Å². The highest BCUT2D eigenvalue weighted by Gasteiger charge is 2.23. The Hall–Kier alpha value is -1.90. The van der Waals surface area contributed by atoms with Gasteiger partial charge in [0.2, 0.25) is 0 Å². The van der Waals surface area contributed by atoms with Crippen LogP contribution in [0.1, 0.15) is 5.69 Å². The molecule has 0 aliphatic carbocycles. The Morgan fingerprint density at radius 3 is 2.64 bits per heavy atom. The van der Waals surface area contributed by atoms with E-state index in [2.05, 4.69) is 29.7 Å². The average Bonchev–Trinajstić information content (AvgIpc) is 3.08. The summed E-state index contributed by atoms with van der Waals surface area (Å²) in [6.45, 7) is 0.530. The summed E-state index contributed by atoms with van der Waals surface area (Å²) in [5.41, 5.74) is 6.10. The van der Waals surface area contributed by atoms with Crippen LogP contribution in [0.3, 0.4) is 0 Å². The molecule has 2 rings (SSSR count). The maximum Gasteiger partial charge on any atom is 0.367 e. The summed E-state index contributed by atoms with van der Waals surface area (Å²) in [4.78, 5) is 4.28. The molecule has 1 aliphatic rings. The molecule has 25 heavy (non-hydrogen) atoms. The van der Waals surface area contributed by atoms with E-state index in [9.17, 15) is 8.42 Å². The Morgan fingerprint density at radius 1 is 1.32 bits per heavy atom. The van der Waals surface area contributed by atoms with Gasteiger partial charge in [0, 0.05) is 30.0 Å². The van der Waals surface area contributed by atoms with Crippen molar-refractivity contribution in [3.05, 3.63) is 11.1 Å². The number of aliphatic hydroxyl groups excluding tert-OH is 1. The number of thioether (sulfide) groups is 1. The van der Waals surface area contributed by atoms with E-state index in [1.54, 1.807) is 11.8 Å². The van der Waals surface area contributed by atoms with Gasteiger partial charge in [-0.1, -0.05) is 0 Å². The highest BCUT2D eigenvalue weighted by atomic mass is 32.2. The number of hydrogen-bond acceptors (Lipinski definition) is 9. The van der Waals surface area contributed by atoms with Crippen molar-refractivity contribution >= 4 is 56.1 Å². The fraction of sp³-hybridized carbons (Fsp3) is 0.455. The van der Waals surface area contributed by atoms with E-state index in [4.69, 9.17) is 16.2 Å². The molecule has 11 nitrogen and oxygen atoms in total. The maximum absolute atomic E-state index is 11.4. The SMILES string of the molecule is N=C(N)Nc1nc(CSCCNC2=NS(=O)(=O)N=C2NCCO)cs1. The standard InChI is InChI=1S/C11H18N8O3S3/c12-10(13)17-11-16-7(6-24-11)5-23-4-2-15-9-8(14-1-3-20)18-25(21,22)19-9/h6,20H,1-5H2,(H,14,18)(H,15,19)(H4,12,13,16,17). The van der Waals surface area contributed by atoms with Crippen LogP contribution < -0.4 is 21.7 Å². The van der Waals surface area contributed by atoms with E-state index >= 15 is 0 Å². The molecular weight excluding hydrogens is 388 g/mol. The van der Waals surface area contributed by atoms with Gasteiger partial charge < -0.3 is 26.8 Å². The summed E-state index contributed by atoms with van der Waals surface area (Å²) in [7, 11) is -3.85. The van der Waals surface area contributed by atoms with Crippen molar-refractivity contribution in [1.82, 2.24) is 15.6 Å². The van der Waals surface area contributed by atoms with Gasteiger partial charge in [-0.3, -0.25) is 5.41 Å². The van der Waals surface area contributed by atoms with Gasteiger partial charge in [-0.2, -0.15) is 20.2 Å². The quantitative estimate of drug-likeness (QED) is 0.178. The van der Waals surface area contributed by atoms with Crippen LogP contribution in [0.15, 0.2) is 14.2 Å². The molecule has 1 aromatic rings. The first-order valence-corrected chi connectivity index (χ1v) is 10.5. The minimum absolute atomic E-state index is 0.110. The number of anilines is 1. The Bertz CT molecular complexity index is 773. The van der Waals surface area contributed by atoms with Crippen molar-refractivity contribution in [3.8, 4) is 0 Å². The number of rotatable bonds is 8. The minimum Gasteiger partial charge on any atom is -0.395 e. The van der Waals surface area contributed by atoms with Crippen LogP contribution in [-0.2, 0) is 16.0 Å². The minimum atomic E-state index is -3.85. The van der Waals surface area contributed by atoms with Crippen molar-refractivity contribution in [3.63, 3.8) is 0 Å². The number of nitrogens with two attached hydrogens (primary N) is 1. The number of hydrogen-bond donors (Lipinski definition) is 6. The Morgan fingerprint density at radius 2 is 2.00 bits per heavy atom. The van der Waals surface area contributed by atoms with Crippen LogP contribution in [0, 0.1) is 5.41 Å².